The summed E-state index contributed by atoms with van der Waals surface area (Å²) in [7, 11) is 0. The Balaban J connectivity index is 3.29. The number of nitrogens with one attached hydrogen (secondary N) is 2. The topological polar surface area (TPSA) is 154 Å². The van der Waals surface area contributed by atoms with Gasteiger partial charge in [-0.15, -0.1) is 0 Å². The summed E-state index contributed by atoms with van der Waals surface area (Å²) < 4.78 is 10.2. The zero-order valence-electron chi connectivity index (χ0n) is 21.9. The Labute approximate surface area is 212 Å². The van der Waals surface area contributed by atoms with Gasteiger partial charge in [-0.25, -0.2) is 4.79 Å². The number of carbonyl (C=O) groups excluding carboxylic acids is 4. The molecule has 0 aromatic heterocycles. The molecule has 36 heavy (non-hydrogen) atoms. The average Bonchev–Trinajstić information content (AvgIpc) is 2.76. The fourth-order valence-corrected chi connectivity index (χ4v) is 3.35. The van der Waals surface area contributed by atoms with Crippen molar-refractivity contribution in [1.29, 1.82) is 0 Å². The summed E-state index contributed by atoms with van der Waals surface area (Å²) in [4.78, 5) is 52.2. The molecule has 0 radical (unpaired) electrons. The molecule has 11 heteroatoms. The van der Waals surface area contributed by atoms with Crippen molar-refractivity contribution in [3.63, 3.8) is 0 Å². The van der Waals surface area contributed by atoms with Crippen molar-refractivity contribution in [2.75, 3.05) is 26.3 Å². The number of ether oxygens (including phenoxy) is 2. The molecule has 3 amide bonds. The van der Waals surface area contributed by atoms with Gasteiger partial charge in [0.25, 0.3) is 0 Å². The number of esters is 1. The number of alkyl carbamates (subject to hydrolysis) is 1. The minimum atomic E-state index is -1.21. The van der Waals surface area contributed by atoms with E-state index in [4.69, 9.17) is 9.47 Å². The Bertz CT molecular complexity index is 880. The predicted molar refractivity (Wildman–Crippen MR) is 132 cm³/mol. The number of aromatic hydroxyl groups is 1. The maximum atomic E-state index is 13.7. The molecule has 0 aliphatic heterocycles. The summed E-state index contributed by atoms with van der Waals surface area (Å²) in [6.45, 7) is 9.72. The van der Waals surface area contributed by atoms with Gasteiger partial charge in [0.15, 0.2) is 0 Å². The minimum absolute atomic E-state index is 0.0306. The first-order valence-electron chi connectivity index (χ1n) is 11.9. The van der Waals surface area contributed by atoms with Gasteiger partial charge in [-0.1, -0.05) is 26.0 Å². The normalized spacial score (nSPS) is 12.9. The highest BCUT2D eigenvalue weighted by Crippen LogP contribution is 2.25. The number of rotatable bonds is 12. The number of nitrogens with zero attached hydrogens (tertiary/aromatic N) is 1. The molecule has 11 nitrogen and oxygen atoms in total. The Kier molecular flexibility index (Phi) is 12.2. The number of aliphatic hydroxyl groups is 1. The highest BCUT2D eigenvalue weighted by molar-refractivity contribution is 5.92. The average molecular weight is 510 g/mol. The molecule has 4 N–H and O–H groups in total. The van der Waals surface area contributed by atoms with Gasteiger partial charge >= 0.3 is 12.1 Å². The predicted octanol–water partition coefficient (Wildman–Crippen LogP) is 1.87. The first-order chi connectivity index (χ1) is 16.8. The van der Waals surface area contributed by atoms with Gasteiger partial charge in [-0.2, -0.15) is 0 Å². The number of amides is 3. The molecule has 0 saturated heterocycles. The molecule has 0 aliphatic rings. The molecule has 1 aromatic rings. The van der Waals surface area contributed by atoms with Gasteiger partial charge in [0.2, 0.25) is 11.8 Å². The van der Waals surface area contributed by atoms with Crippen LogP contribution in [0.3, 0.4) is 0 Å². The van der Waals surface area contributed by atoms with Crippen molar-refractivity contribution in [2.45, 2.75) is 65.6 Å². The zero-order valence-corrected chi connectivity index (χ0v) is 21.9. The van der Waals surface area contributed by atoms with Gasteiger partial charge in [0.05, 0.1) is 19.6 Å². The number of aliphatic hydroxyl groups excluding tert-OH is 1. The zero-order chi connectivity index (χ0) is 27.5. The monoisotopic (exact) mass is 509 g/mol. The number of hydrogen-bond acceptors (Lipinski definition) is 8. The minimum Gasteiger partial charge on any atom is -0.508 e. The Morgan fingerprint density at radius 3 is 2.19 bits per heavy atom. The third kappa shape index (κ3) is 10.1. The van der Waals surface area contributed by atoms with E-state index in [0.717, 1.165) is 4.90 Å². The molecule has 2 atom stereocenters. The van der Waals surface area contributed by atoms with E-state index in [9.17, 15) is 29.4 Å². The smallest absolute Gasteiger partial charge is 0.408 e. The molecular formula is C25H39N3O8. The van der Waals surface area contributed by atoms with E-state index in [1.807, 2.05) is 0 Å². The lowest BCUT2D eigenvalue weighted by atomic mass is 9.98. The highest BCUT2D eigenvalue weighted by Gasteiger charge is 2.37. The summed E-state index contributed by atoms with van der Waals surface area (Å²) in [5.41, 5.74) is -0.421. The first-order valence-corrected chi connectivity index (χ1v) is 11.9. The second kappa shape index (κ2) is 14.3. The number of carbonyl (C=O) groups is 4. The molecule has 1 rings (SSSR count). The first kappa shape index (κ1) is 30.7. The van der Waals surface area contributed by atoms with Crippen molar-refractivity contribution >= 4 is 23.9 Å². The van der Waals surface area contributed by atoms with Crippen LogP contribution in [0.5, 0.6) is 5.75 Å². The molecule has 0 spiro atoms. The van der Waals surface area contributed by atoms with E-state index >= 15 is 0 Å². The van der Waals surface area contributed by atoms with Crippen molar-refractivity contribution in [3.05, 3.63) is 29.8 Å². The molecule has 0 bridgehead atoms. The third-order valence-electron chi connectivity index (χ3n) is 4.93. The third-order valence-corrected chi connectivity index (χ3v) is 4.93. The summed E-state index contributed by atoms with van der Waals surface area (Å²) >= 11 is 0. The number of phenols is 1. The second-order valence-corrected chi connectivity index (χ2v) is 9.46. The van der Waals surface area contributed by atoms with Crippen molar-refractivity contribution < 1.29 is 38.9 Å². The SMILES string of the molecule is CCOC(=O)CCNC(=O)C(c1ccc(O)cc1)N(CCO)C(=O)C(NC(=O)OC(C)(C)C)C(C)C. The van der Waals surface area contributed by atoms with Gasteiger partial charge in [-0.3, -0.25) is 14.4 Å². The van der Waals surface area contributed by atoms with E-state index in [1.54, 1.807) is 41.5 Å². The van der Waals surface area contributed by atoms with Crippen molar-refractivity contribution in [2.24, 2.45) is 5.92 Å². The van der Waals surface area contributed by atoms with Crippen LogP contribution in [0.4, 0.5) is 4.79 Å². The number of benzene rings is 1. The summed E-state index contributed by atoms with van der Waals surface area (Å²) in [6.07, 6.45) is -0.858. The van der Waals surface area contributed by atoms with Crippen LogP contribution in [-0.2, 0) is 23.9 Å². The maximum Gasteiger partial charge on any atom is 0.408 e. The number of hydrogen-bond donors (Lipinski definition) is 4. The van der Waals surface area contributed by atoms with Crippen LogP contribution in [-0.4, -0.2) is 76.9 Å². The highest BCUT2D eigenvalue weighted by atomic mass is 16.6. The molecule has 0 aliphatic carbocycles. The van der Waals surface area contributed by atoms with Crippen LogP contribution in [0.25, 0.3) is 0 Å². The fraction of sp³-hybridized carbons (Fsp3) is 0.600. The van der Waals surface area contributed by atoms with Crippen LogP contribution in [0.15, 0.2) is 24.3 Å². The van der Waals surface area contributed by atoms with E-state index in [0.29, 0.717) is 5.56 Å². The Hall–Kier alpha value is -3.34. The molecule has 202 valence electrons. The maximum absolute atomic E-state index is 13.7. The van der Waals surface area contributed by atoms with E-state index in [-0.39, 0.29) is 37.8 Å². The second-order valence-electron chi connectivity index (χ2n) is 9.46. The Morgan fingerprint density at radius 2 is 1.69 bits per heavy atom. The van der Waals surface area contributed by atoms with E-state index < -0.39 is 48.2 Å². The van der Waals surface area contributed by atoms with Gasteiger partial charge in [0, 0.05) is 13.1 Å². The quantitative estimate of drug-likeness (QED) is 0.311. The fourth-order valence-electron chi connectivity index (χ4n) is 3.35. The molecule has 0 saturated carbocycles. The van der Waals surface area contributed by atoms with Crippen molar-refractivity contribution in [1.82, 2.24) is 15.5 Å². The molecule has 0 heterocycles. The summed E-state index contributed by atoms with van der Waals surface area (Å²) in [5.74, 6) is -2.11. The van der Waals surface area contributed by atoms with Gasteiger partial charge < -0.3 is 35.2 Å². The standard InChI is InChI=1S/C25H39N3O8/c1-7-35-19(31)12-13-26-22(32)21(17-8-10-18(30)11-9-17)28(14-15-29)23(33)20(16(2)3)27-24(34)36-25(4,5)6/h8-11,16,20-21,29-30H,7,12-15H2,1-6H3,(H,26,32)(H,27,34). The lowest BCUT2D eigenvalue weighted by Gasteiger charge is -2.35. The van der Waals surface area contributed by atoms with Crippen LogP contribution in [0, 0.1) is 5.92 Å². The number of phenolic OH excluding ortho intramolecular Hbond substituents is 1. The molecule has 2 unspecified atom stereocenters. The van der Waals surface area contributed by atoms with Gasteiger partial charge in [0.1, 0.15) is 23.4 Å². The summed E-state index contributed by atoms with van der Waals surface area (Å²) in [5, 5.41) is 24.6. The van der Waals surface area contributed by atoms with Gasteiger partial charge in [-0.05, 0) is 51.3 Å². The largest absolute Gasteiger partial charge is 0.508 e. The van der Waals surface area contributed by atoms with Crippen LogP contribution in [0.1, 0.15) is 59.6 Å². The van der Waals surface area contributed by atoms with Crippen LogP contribution in [0.2, 0.25) is 0 Å². The summed E-state index contributed by atoms with van der Waals surface area (Å²) in [6, 6.07) is 3.43. The molecular weight excluding hydrogens is 470 g/mol. The Morgan fingerprint density at radius 1 is 1.08 bits per heavy atom. The van der Waals surface area contributed by atoms with Crippen molar-refractivity contribution in [3.8, 4) is 5.75 Å². The lowest BCUT2D eigenvalue weighted by Crippen LogP contribution is -2.55. The van der Waals surface area contributed by atoms with E-state index in [2.05, 4.69) is 10.6 Å². The molecule has 1 aromatic carbocycles. The lowest BCUT2D eigenvalue weighted by molar-refractivity contribution is -0.145. The molecule has 0 fully saturated rings. The van der Waals surface area contributed by atoms with E-state index in [1.165, 1.54) is 24.3 Å². The van der Waals surface area contributed by atoms with Crippen LogP contribution >= 0.6 is 0 Å². The van der Waals surface area contributed by atoms with Crippen LogP contribution < -0.4 is 10.6 Å².